The third-order valence-corrected chi connectivity index (χ3v) is 7.54. The normalized spacial score (nSPS) is 22.1. The first kappa shape index (κ1) is 32.4. The molecule has 0 aliphatic carbocycles. The van der Waals surface area contributed by atoms with Gasteiger partial charge in [-0.05, 0) is 24.3 Å². The molecule has 228 valence electrons. The molecule has 1 aliphatic heterocycles. The number of benzene rings is 1. The van der Waals surface area contributed by atoms with E-state index in [1.165, 1.54) is 12.1 Å². The Hall–Kier alpha value is -4.09. The fourth-order valence-corrected chi connectivity index (χ4v) is 5.41. The van der Waals surface area contributed by atoms with Gasteiger partial charge in [0.15, 0.2) is 24.5 Å². The molecule has 0 radical (unpaired) electrons. The number of hydrogen-bond acceptors (Lipinski definition) is 13. The number of carbonyl (C=O) groups is 4. The molecule has 1 aliphatic rings. The largest absolute Gasteiger partial charge is 0.463 e. The van der Waals surface area contributed by atoms with Crippen LogP contribution in [0.15, 0.2) is 44.9 Å². The number of aromatic nitrogens is 2. The van der Waals surface area contributed by atoms with Crippen molar-refractivity contribution in [3.05, 3.63) is 62.1 Å². The van der Waals surface area contributed by atoms with E-state index in [-0.39, 0.29) is 19.8 Å². The summed E-state index contributed by atoms with van der Waals surface area (Å²) in [6.45, 7) is 3.09. The maximum absolute atomic E-state index is 15.0. The van der Waals surface area contributed by atoms with Crippen LogP contribution in [0, 0.1) is 5.82 Å². The Morgan fingerprint density at radius 2 is 1.40 bits per heavy atom. The molecule has 0 bridgehead atoms. The second-order valence-corrected chi connectivity index (χ2v) is 11.0. The van der Waals surface area contributed by atoms with Crippen LogP contribution >= 0.6 is 11.6 Å². The smallest absolute Gasteiger partial charge is 0.347 e. The van der Waals surface area contributed by atoms with Gasteiger partial charge in [-0.2, -0.15) is 8.36 Å². The number of halogens is 2. The quantitative estimate of drug-likeness (QED) is 0.284. The third-order valence-electron chi connectivity index (χ3n) is 5.64. The summed E-state index contributed by atoms with van der Waals surface area (Å²) in [6.07, 6.45) is -9.16. The summed E-state index contributed by atoms with van der Waals surface area (Å²) in [5.41, 5.74) is -3.40. The Labute approximate surface area is 241 Å². The molecule has 0 amide bonds. The second-order valence-electron chi connectivity index (χ2n) is 8.78. The van der Waals surface area contributed by atoms with Crippen LogP contribution in [-0.4, -0.2) is 71.9 Å². The molecule has 15 nitrogen and oxygen atoms in total. The van der Waals surface area contributed by atoms with E-state index >= 15 is 4.39 Å². The minimum Gasteiger partial charge on any atom is -0.463 e. The summed E-state index contributed by atoms with van der Waals surface area (Å²) < 4.78 is 67.7. The predicted molar refractivity (Wildman–Crippen MR) is 136 cm³/mol. The number of hydrogen-bond donors (Lipinski definition) is 0. The van der Waals surface area contributed by atoms with E-state index in [0.29, 0.717) is 0 Å². The van der Waals surface area contributed by atoms with Crippen molar-refractivity contribution in [2.75, 3.05) is 6.61 Å². The average molecular weight is 635 g/mol. The molecule has 3 rings (SSSR count). The van der Waals surface area contributed by atoms with Gasteiger partial charge in [-0.15, -0.1) is 0 Å². The molecule has 2 aromatic rings. The van der Waals surface area contributed by atoms with Gasteiger partial charge in [0.1, 0.15) is 12.7 Å². The van der Waals surface area contributed by atoms with Crippen molar-refractivity contribution in [1.82, 2.24) is 8.54 Å². The first-order valence-electron chi connectivity index (χ1n) is 11.9. The van der Waals surface area contributed by atoms with Gasteiger partial charge >= 0.3 is 29.6 Å². The van der Waals surface area contributed by atoms with Crippen LogP contribution in [0.2, 0.25) is 5.02 Å². The molecule has 1 aromatic carbocycles. The zero-order chi connectivity index (χ0) is 31.5. The lowest BCUT2D eigenvalue weighted by Crippen LogP contribution is -2.63. The third kappa shape index (κ3) is 7.03. The number of nitrogens with zero attached hydrogens (tertiary/aromatic N) is 2. The summed E-state index contributed by atoms with van der Waals surface area (Å²) in [5.74, 6) is -5.64. The van der Waals surface area contributed by atoms with Gasteiger partial charge in [-0.3, -0.25) is 24.0 Å². The zero-order valence-corrected chi connectivity index (χ0v) is 23.9. The molecule has 1 fully saturated rings. The fraction of sp³-hybridized carbons (Fsp3) is 0.417. The molecule has 18 heteroatoms. The molecule has 5 atom stereocenters. The summed E-state index contributed by atoms with van der Waals surface area (Å²) >= 11 is 5.80. The number of esters is 4. The van der Waals surface area contributed by atoms with Gasteiger partial charge in [-0.1, -0.05) is 11.6 Å². The molecule has 1 aromatic heterocycles. The number of ether oxygens (including phenoxy) is 5. The predicted octanol–water partition coefficient (Wildman–Crippen LogP) is 0.295. The Balaban J connectivity index is 2.31. The van der Waals surface area contributed by atoms with E-state index in [1.807, 2.05) is 0 Å². The highest BCUT2D eigenvalue weighted by Gasteiger charge is 2.54. The minimum atomic E-state index is -4.86. The Morgan fingerprint density at radius 3 is 1.93 bits per heavy atom. The molecule has 1 saturated heterocycles. The molecule has 0 spiro atoms. The van der Waals surface area contributed by atoms with Crippen molar-refractivity contribution in [1.29, 1.82) is 0 Å². The maximum atomic E-state index is 15.0. The average Bonchev–Trinajstić information content (AvgIpc) is 2.87. The van der Waals surface area contributed by atoms with E-state index in [4.69, 9.17) is 35.3 Å². The van der Waals surface area contributed by atoms with Crippen molar-refractivity contribution in [2.24, 2.45) is 0 Å². The van der Waals surface area contributed by atoms with Gasteiger partial charge in [0, 0.05) is 32.7 Å². The van der Waals surface area contributed by atoms with Crippen LogP contribution in [0.1, 0.15) is 33.9 Å². The molecule has 42 heavy (non-hydrogen) atoms. The highest BCUT2D eigenvalue weighted by Crippen LogP contribution is 2.34. The lowest BCUT2D eigenvalue weighted by molar-refractivity contribution is -0.269. The van der Waals surface area contributed by atoms with Crippen LogP contribution in [0.4, 0.5) is 4.39 Å². The molecular weight excluding hydrogens is 611 g/mol. The fourth-order valence-electron chi connectivity index (χ4n) is 4.05. The molecule has 0 N–H and O–H groups in total. The highest BCUT2D eigenvalue weighted by molar-refractivity contribution is 7.90. The van der Waals surface area contributed by atoms with Crippen molar-refractivity contribution in [3.8, 4) is 0 Å². The second kappa shape index (κ2) is 12.8. The summed E-state index contributed by atoms with van der Waals surface area (Å²) in [5, 5.41) is 0.148. The molecular formula is C24H24ClFN2O13S. The Bertz CT molecular complexity index is 1620. The van der Waals surface area contributed by atoms with Crippen molar-refractivity contribution in [2.45, 2.75) is 63.2 Å². The Kier molecular flexibility index (Phi) is 9.90. The van der Waals surface area contributed by atoms with Crippen LogP contribution < -0.4 is 11.2 Å². The van der Waals surface area contributed by atoms with Crippen LogP contribution in [0.5, 0.6) is 0 Å². The van der Waals surface area contributed by atoms with Gasteiger partial charge in [-0.25, -0.2) is 17.8 Å². The standard InChI is InChI=1S/C24H24ClFN2O13S/c1-11(29)37-10-18-19(38-12(2)30)20(39-13(3)31)21(40-14(4)32)23(41-18)28-22(33)17(26)9-27(24(28)34)42(35,36)16-7-5-15(25)6-8-16/h5-9,18-21,23H,10H2,1-4H3/t18-,19-,20+,21-,23-/m1/s1. The molecule has 0 saturated carbocycles. The Morgan fingerprint density at radius 1 is 0.881 bits per heavy atom. The summed E-state index contributed by atoms with van der Waals surface area (Å²) in [7, 11) is -4.86. The van der Waals surface area contributed by atoms with Crippen molar-refractivity contribution < 1.29 is 55.7 Å². The zero-order valence-electron chi connectivity index (χ0n) is 22.3. The summed E-state index contributed by atoms with van der Waals surface area (Å²) in [6, 6.07) is 4.41. The lowest BCUT2D eigenvalue weighted by atomic mass is 9.97. The van der Waals surface area contributed by atoms with Gasteiger partial charge in [0.25, 0.3) is 15.6 Å². The maximum Gasteiger partial charge on any atom is 0.347 e. The van der Waals surface area contributed by atoms with E-state index in [1.54, 1.807) is 0 Å². The van der Waals surface area contributed by atoms with E-state index in [9.17, 15) is 37.2 Å². The summed E-state index contributed by atoms with van der Waals surface area (Å²) in [4.78, 5) is 73.6. The molecule has 0 unspecified atom stereocenters. The van der Waals surface area contributed by atoms with E-state index in [0.717, 1.165) is 39.8 Å². The highest BCUT2D eigenvalue weighted by atomic mass is 35.5. The monoisotopic (exact) mass is 634 g/mol. The number of carbonyl (C=O) groups excluding carboxylic acids is 4. The lowest BCUT2D eigenvalue weighted by Gasteiger charge is -2.44. The first-order chi connectivity index (χ1) is 19.5. The van der Waals surface area contributed by atoms with E-state index < -0.39 is 93.1 Å². The van der Waals surface area contributed by atoms with Gasteiger partial charge < -0.3 is 23.7 Å². The van der Waals surface area contributed by atoms with Gasteiger partial charge in [0.2, 0.25) is 5.82 Å². The van der Waals surface area contributed by atoms with E-state index in [2.05, 4.69) is 0 Å². The first-order valence-corrected chi connectivity index (χ1v) is 13.7. The van der Waals surface area contributed by atoms with Crippen LogP contribution in [-0.2, 0) is 52.9 Å². The SMILES string of the molecule is CC(=O)OC[C@H]1O[C@@H](n2c(=O)c(F)cn(S(=O)(=O)c3ccc(Cl)cc3)c2=O)[C@H](OC(C)=O)[C@@H](OC(C)=O)[C@@H]1OC(C)=O. The molecule has 2 heterocycles. The van der Waals surface area contributed by atoms with Crippen LogP contribution in [0.25, 0.3) is 0 Å². The van der Waals surface area contributed by atoms with Crippen molar-refractivity contribution >= 4 is 45.5 Å². The number of rotatable bonds is 8. The van der Waals surface area contributed by atoms with Crippen molar-refractivity contribution in [3.63, 3.8) is 0 Å². The van der Waals surface area contributed by atoms with Crippen LogP contribution in [0.3, 0.4) is 0 Å². The minimum absolute atomic E-state index is 0.0162. The van der Waals surface area contributed by atoms with Gasteiger partial charge in [0.05, 0.1) is 11.1 Å². The topological polar surface area (TPSA) is 193 Å².